The summed E-state index contributed by atoms with van der Waals surface area (Å²) in [6.45, 7) is 9.79. The van der Waals surface area contributed by atoms with Crippen LogP contribution in [-0.2, 0) is 0 Å². The van der Waals surface area contributed by atoms with Crippen LogP contribution in [0.25, 0.3) is 0 Å². The molecule has 0 heterocycles. The zero-order valence-corrected chi connectivity index (χ0v) is 7.56. The second-order valence-electron chi connectivity index (χ2n) is 3.02. The molecular weight excluding hydrogens is 146 g/mol. The molecule has 0 saturated carbocycles. The van der Waals surface area contributed by atoms with Crippen LogP contribution in [0, 0.1) is 0 Å². The lowest BCUT2D eigenvalue weighted by Crippen LogP contribution is -2.10. The maximum Gasteiger partial charge on any atom is 0.0416 e. The van der Waals surface area contributed by atoms with E-state index in [0.717, 1.165) is 29.7 Å². The van der Waals surface area contributed by atoms with Crippen molar-refractivity contribution in [2.45, 2.75) is 19.8 Å². The van der Waals surface area contributed by atoms with Gasteiger partial charge in [-0.25, -0.2) is 0 Å². The Labute approximate surface area is 74.0 Å². The number of allylic oxidation sites excluding steroid dienone is 4. The van der Waals surface area contributed by atoms with Crippen LogP contribution >= 0.6 is 0 Å². The van der Waals surface area contributed by atoms with E-state index in [-0.39, 0.29) is 0 Å². The van der Waals surface area contributed by atoms with Crippen molar-refractivity contribution >= 4 is 0 Å². The average molecular weight is 161 g/mol. The first-order chi connectivity index (χ1) is 5.66. The Morgan fingerprint density at radius 3 is 2.58 bits per heavy atom. The fourth-order valence-electron chi connectivity index (χ4n) is 1.33. The molecule has 0 aliphatic heterocycles. The second-order valence-corrected chi connectivity index (χ2v) is 3.02. The fourth-order valence-corrected chi connectivity index (χ4v) is 1.33. The van der Waals surface area contributed by atoms with Gasteiger partial charge in [0.1, 0.15) is 0 Å². The summed E-state index contributed by atoms with van der Waals surface area (Å²) in [5.74, 6) is 0. The number of nitrogens with two attached hydrogens (primary N) is 1. The molecule has 12 heavy (non-hydrogen) atoms. The number of rotatable bonds is 1. The molecule has 0 aromatic heterocycles. The second kappa shape index (κ2) is 3.44. The van der Waals surface area contributed by atoms with Gasteiger partial charge in [-0.2, -0.15) is 0 Å². The third-order valence-electron chi connectivity index (χ3n) is 2.16. The van der Waals surface area contributed by atoms with Crippen molar-refractivity contribution in [3.05, 3.63) is 47.7 Å². The molecule has 0 radical (unpaired) electrons. The summed E-state index contributed by atoms with van der Waals surface area (Å²) >= 11 is 0. The predicted molar refractivity (Wildman–Crippen MR) is 53.5 cm³/mol. The molecule has 1 heteroatoms. The van der Waals surface area contributed by atoms with E-state index in [1.165, 1.54) is 5.57 Å². The highest BCUT2D eigenvalue weighted by molar-refractivity contribution is 5.50. The van der Waals surface area contributed by atoms with Gasteiger partial charge in [-0.15, -0.1) is 0 Å². The lowest BCUT2D eigenvalue weighted by molar-refractivity contribution is 0.904. The Hall–Kier alpha value is -1.24. The van der Waals surface area contributed by atoms with E-state index in [2.05, 4.69) is 13.2 Å². The Morgan fingerprint density at radius 2 is 2.00 bits per heavy atom. The van der Waals surface area contributed by atoms with Gasteiger partial charge >= 0.3 is 0 Å². The predicted octanol–water partition coefficient (Wildman–Crippen LogP) is 2.68. The van der Waals surface area contributed by atoms with Crippen molar-refractivity contribution < 1.29 is 0 Å². The minimum atomic E-state index is 0.810. The highest BCUT2D eigenvalue weighted by Crippen LogP contribution is 2.29. The summed E-state index contributed by atoms with van der Waals surface area (Å²) in [4.78, 5) is 0. The molecule has 1 aliphatic carbocycles. The van der Waals surface area contributed by atoms with Crippen LogP contribution in [0.15, 0.2) is 47.7 Å². The van der Waals surface area contributed by atoms with Crippen LogP contribution < -0.4 is 5.73 Å². The van der Waals surface area contributed by atoms with Crippen LogP contribution in [-0.4, -0.2) is 0 Å². The number of hydrogen-bond donors (Lipinski definition) is 1. The normalized spacial score (nSPS) is 19.4. The van der Waals surface area contributed by atoms with E-state index in [1.54, 1.807) is 0 Å². The first-order valence-corrected chi connectivity index (χ1v) is 4.15. The third kappa shape index (κ3) is 1.50. The van der Waals surface area contributed by atoms with Crippen molar-refractivity contribution in [3.8, 4) is 0 Å². The van der Waals surface area contributed by atoms with Crippen molar-refractivity contribution in [3.63, 3.8) is 0 Å². The van der Waals surface area contributed by atoms with Gasteiger partial charge in [-0.05, 0) is 36.5 Å². The first-order valence-electron chi connectivity index (χ1n) is 4.15. The van der Waals surface area contributed by atoms with Crippen LogP contribution in [0.2, 0.25) is 0 Å². The molecule has 0 fully saturated rings. The summed E-state index contributed by atoms with van der Waals surface area (Å²) in [6.07, 6.45) is 6.03. The van der Waals surface area contributed by atoms with Gasteiger partial charge in [0.25, 0.3) is 0 Å². The Balaban J connectivity index is 3.00. The Morgan fingerprint density at radius 1 is 1.33 bits per heavy atom. The lowest BCUT2D eigenvalue weighted by atomic mass is 9.89. The molecule has 2 N–H and O–H groups in total. The van der Waals surface area contributed by atoms with E-state index in [4.69, 9.17) is 5.73 Å². The van der Waals surface area contributed by atoms with Crippen LogP contribution in [0.1, 0.15) is 19.8 Å². The smallest absolute Gasteiger partial charge is 0.0416 e. The van der Waals surface area contributed by atoms with Crippen molar-refractivity contribution in [2.75, 3.05) is 0 Å². The van der Waals surface area contributed by atoms with E-state index >= 15 is 0 Å². The third-order valence-corrected chi connectivity index (χ3v) is 2.16. The zero-order valence-electron chi connectivity index (χ0n) is 7.56. The summed E-state index contributed by atoms with van der Waals surface area (Å²) in [5.41, 5.74) is 9.85. The largest absolute Gasteiger partial charge is 0.398 e. The Bertz CT molecular complexity index is 279. The molecule has 0 atom stereocenters. The van der Waals surface area contributed by atoms with Gasteiger partial charge in [0.2, 0.25) is 0 Å². The fraction of sp³-hybridized carbons (Fsp3) is 0.273. The summed E-state index contributed by atoms with van der Waals surface area (Å²) in [7, 11) is 0. The van der Waals surface area contributed by atoms with Gasteiger partial charge in [-0.3, -0.25) is 0 Å². The molecule has 1 rings (SSSR count). The minimum absolute atomic E-state index is 0.810. The average Bonchev–Trinajstić information content (AvgIpc) is 2.07. The molecule has 1 aliphatic rings. The van der Waals surface area contributed by atoms with E-state index < -0.39 is 0 Å². The summed E-state index contributed by atoms with van der Waals surface area (Å²) in [5, 5.41) is 0. The molecule has 0 spiro atoms. The monoisotopic (exact) mass is 161 g/mol. The van der Waals surface area contributed by atoms with Gasteiger partial charge in [0.05, 0.1) is 0 Å². The molecule has 0 amide bonds. The zero-order chi connectivity index (χ0) is 9.14. The topological polar surface area (TPSA) is 26.0 Å². The highest BCUT2D eigenvalue weighted by atomic mass is 14.6. The van der Waals surface area contributed by atoms with Crippen LogP contribution in [0.4, 0.5) is 0 Å². The molecule has 0 saturated heterocycles. The highest BCUT2D eigenvalue weighted by Gasteiger charge is 2.13. The SMILES string of the molecule is C=C1CCC(/C=C\C)=C(N)C1=C. The maximum atomic E-state index is 5.87. The summed E-state index contributed by atoms with van der Waals surface area (Å²) in [6, 6.07) is 0. The molecule has 0 aromatic rings. The van der Waals surface area contributed by atoms with Gasteiger partial charge in [0, 0.05) is 5.70 Å². The molecule has 0 aromatic carbocycles. The lowest BCUT2D eigenvalue weighted by Gasteiger charge is -2.19. The van der Waals surface area contributed by atoms with Crippen LogP contribution in [0.3, 0.4) is 0 Å². The van der Waals surface area contributed by atoms with Gasteiger partial charge in [0.15, 0.2) is 0 Å². The van der Waals surface area contributed by atoms with Crippen molar-refractivity contribution in [1.29, 1.82) is 0 Å². The Kier molecular flexibility index (Phi) is 2.54. The van der Waals surface area contributed by atoms with E-state index in [1.807, 2.05) is 19.1 Å². The molecule has 0 bridgehead atoms. The summed E-state index contributed by atoms with van der Waals surface area (Å²) < 4.78 is 0. The first kappa shape index (κ1) is 8.85. The molecule has 64 valence electrons. The van der Waals surface area contributed by atoms with Gasteiger partial charge < -0.3 is 5.73 Å². The van der Waals surface area contributed by atoms with Crippen molar-refractivity contribution in [1.82, 2.24) is 0 Å². The standard InChI is InChI=1S/C11H15N/c1-4-5-10-7-6-8(2)9(3)11(10)12/h4-5H,2-3,6-7,12H2,1H3/b5-4-. The van der Waals surface area contributed by atoms with E-state index in [9.17, 15) is 0 Å². The maximum absolute atomic E-state index is 5.87. The molecular formula is C11H15N. The van der Waals surface area contributed by atoms with Crippen molar-refractivity contribution in [2.24, 2.45) is 5.73 Å². The van der Waals surface area contributed by atoms with E-state index in [0.29, 0.717) is 0 Å². The molecule has 0 unspecified atom stereocenters. The molecule has 1 nitrogen and oxygen atoms in total. The number of hydrogen-bond acceptors (Lipinski definition) is 1. The van der Waals surface area contributed by atoms with Gasteiger partial charge in [-0.1, -0.05) is 25.3 Å². The minimum Gasteiger partial charge on any atom is -0.398 e. The van der Waals surface area contributed by atoms with Crippen LogP contribution in [0.5, 0.6) is 0 Å². The quantitative estimate of drug-likeness (QED) is 0.628.